The first-order valence-corrected chi connectivity index (χ1v) is 10.3. The molecular formula is C19H20FN3O5S. The van der Waals surface area contributed by atoms with Crippen molar-refractivity contribution >= 4 is 27.5 Å². The van der Waals surface area contributed by atoms with E-state index in [1.165, 1.54) is 40.7 Å². The highest BCUT2D eigenvalue weighted by Crippen LogP contribution is 2.17. The molecule has 0 spiro atoms. The molecule has 1 aliphatic heterocycles. The lowest BCUT2D eigenvalue weighted by Gasteiger charge is -2.26. The quantitative estimate of drug-likeness (QED) is 0.704. The van der Waals surface area contributed by atoms with Gasteiger partial charge in [0, 0.05) is 25.3 Å². The predicted octanol–water partition coefficient (Wildman–Crippen LogP) is 1.10. The number of carbonyl (C=O) groups is 2. The van der Waals surface area contributed by atoms with E-state index in [-0.39, 0.29) is 11.4 Å². The second-order valence-corrected chi connectivity index (χ2v) is 8.24. The van der Waals surface area contributed by atoms with Crippen LogP contribution in [0.2, 0.25) is 0 Å². The summed E-state index contributed by atoms with van der Waals surface area (Å²) in [6, 6.07) is 11.1. The molecule has 0 aliphatic carbocycles. The lowest BCUT2D eigenvalue weighted by molar-refractivity contribution is -0.136. The minimum atomic E-state index is -3.59. The van der Waals surface area contributed by atoms with Crippen molar-refractivity contribution in [2.24, 2.45) is 0 Å². The first kappa shape index (κ1) is 20.9. The Bertz CT molecular complexity index is 972. The third-order valence-corrected chi connectivity index (χ3v) is 6.21. The van der Waals surface area contributed by atoms with Crippen LogP contribution >= 0.6 is 0 Å². The summed E-state index contributed by atoms with van der Waals surface area (Å²) in [4.78, 5) is 23.9. The molecule has 0 aromatic heterocycles. The smallest absolute Gasteiger partial charge is 0.313 e. The fourth-order valence-electron chi connectivity index (χ4n) is 2.70. The fraction of sp³-hybridized carbons (Fsp3) is 0.263. The third-order valence-electron chi connectivity index (χ3n) is 4.29. The van der Waals surface area contributed by atoms with E-state index in [9.17, 15) is 22.4 Å². The number of rotatable bonds is 5. The van der Waals surface area contributed by atoms with Crippen molar-refractivity contribution < 1.29 is 27.1 Å². The molecule has 154 valence electrons. The van der Waals surface area contributed by atoms with Crippen LogP contribution in [0.25, 0.3) is 0 Å². The molecule has 0 saturated carbocycles. The molecule has 10 heteroatoms. The Morgan fingerprint density at radius 1 is 0.966 bits per heavy atom. The number of nitrogens with one attached hydrogen (secondary N) is 2. The molecule has 1 fully saturated rings. The number of anilines is 1. The van der Waals surface area contributed by atoms with E-state index in [4.69, 9.17) is 4.74 Å². The highest BCUT2D eigenvalue weighted by atomic mass is 32.2. The summed E-state index contributed by atoms with van der Waals surface area (Å²) >= 11 is 0. The monoisotopic (exact) mass is 421 g/mol. The number of hydrogen-bond donors (Lipinski definition) is 2. The fourth-order valence-corrected chi connectivity index (χ4v) is 4.11. The van der Waals surface area contributed by atoms with Crippen molar-refractivity contribution in [3.63, 3.8) is 0 Å². The molecule has 0 bridgehead atoms. The second-order valence-electron chi connectivity index (χ2n) is 6.30. The zero-order valence-electron chi connectivity index (χ0n) is 15.4. The number of sulfonamides is 1. The molecule has 29 heavy (non-hydrogen) atoms. The van der Waals surface area contributed by atoms with Crippen LogP contribution in [0.15, 0.2) is 53.4 Å². The molecule has 1 saturated heterocycles. The summed E-state index contributed by atoms with van der Waals surface area (Å²) in [7, 11) is -3.59. The maximum atomic E-state index is 12.9. The molecule has 2 aromatic carbocycles. The Balaban J connectivity index is 1.54. The predicted molar refractivity (Wildman–Crippen MR) is 103 cm³/mol. The highest BCUT2D eigenvalue weighted by Gasteiger charge is 2.26. The van der Waals surface area contributed by atoms with Crippen LogP contribution in [0.1, 0.15) is 5.56 Å². The molecule has 2 amide bonds. The van der Waals surface area contributed by atoms with Gasteiger partial charge in [-0.25, -0.2) is 12.8 Å². The number of carbonyl (C=O) groups excluding carboxylic acids is 2. The van der Waals surface area contributed by atoms with Gasteiger partial charge in [0.15, 0.2) is 0 Å². The molecule has 0 radical (unpaired) electrons. The Morgan fingerprint density at radius 3 is 2.21 bits per heavy atom. The van der Waals surface area contributed by atoms with Gasteiger partial charge in [-0.1, -0.05) is 12.1 Å². The summed E-state index contributed by atoms with van der Waals surface area (Å²) < 4.78 is 44.5. The Labute approximate surface area is 167 Å². The normalized spacial score (nSPS) is 14.9. The zero-order valence-corrected chi connectivity index (χ0v) is 16.2. The topological polar surface area (TPSA) is 105 Å². The van der Waals surface area contributed by atoms with E-state index in [1.807, 2.05) is 0 Å². The van der Waals surface area contributed by atoms with Crippen LogP contribution in [-0.2, 0) is 30.9 Å². The summed E-state index contributed by atoms with van der Waals surface area (Å²) in [5.41, 5.74) is 0.929. The van der Waals surface area contributed by atoms with Crippen molar-refractivity contribution in [2.75, 3.05) is 31.6 Å². The van der Waals surface area contributed by atoms with Crippen LogP contribution in [0.5, 0.6) is 0 Å². The summed E-state index contributed by atoms with van der Waals surface area (Å²) in [6.45, 7) is 1.40. The molecule has 1 aliphatic rings. The van der Waals surface area contributed by atoms with Gasteiger partial charge in [0.05, 0.1) is 18.1 Å². The van der Waals surface area contributed by atoms with Crippen molar-refractivity contribution in [1.29, 1.82) is 0 Å². The Kier molecular flexibility index (Phi) is 6.57. The zero-order chi connectivity index (χ0) is 20.9. The molecule has 3 rings (SSSR count). The second kappa shape index (κ2) is 9.12. The van der Waals surface area contributed by atoms with Crippen LogP contribution in [0, 0.1) is 5.82 Å². The highest BCUT2D eigenvalue weighted by molar-refractivity contribution is 7.89. The van der Waals surface area contributed by atoms with Crippen molar-refractivity contribution in [1.82, 2.24) is 9.62 Å². The third kappa shape index (κ3) is 5.37. The Morgan fingerprint density at radius 2 is 1.59 bits per heavy atom. The number of halogens is 1. The van der Waals surface area contributed by atoms with Gasteiger partial charge < -0.3 is 15.4 Å². The van der Waals surface area contributed by atoms with Crippen molar-refractivity contribution in [3.05, 3.63) is 59.9 Å². The standard InChI is InChI=1S/C19H20FN3O5S/c20-15-3-5-16(6-4-15)22-19(25)18(24)21-13-14-1-7-17(8-2-14)29(26,27)23-9-11-28-12-10-23/h1-8H,9-13H2,(H,21,24)(H,22,25). The number of hydrogen-bond acceptors (Lipinski definition) is 5. The number of benzene rings is 2. The number of amides is 2. The molecule has 0 atom stereocenters. The van der Waals surface area contributed by atoms with Gasteiger partial charge in [-0.3, -0.25) is 9.59 Å². The van der Waals surface area contributed by atoms with Crippen molar-refractivity contribution in [3.8, 4) is 0 Å². The number of ether oxygens (including phenoxy) is 1. The molecule has 8 nitrogen and oxygen atoms in total. The first-order valence-electron chi connectivity index (χ1n) is 8.88. The van der Waals surface area contributed by atoms with E-state index < -0.39 is 27.7 Å². The summed E-state index contributed by atoms with van der Waals surface area (Å²) in [6.07, 6.45) is 0. The molecule has 0 unspecified atom stereocenters. The lowest BCUT2D eigenvalue weighted by atomic mass is 10.2. The van der Waals surface area contributed by atoms with Gasteiger partial charge in [-0.05, 0) is 42.0 Å². The largest absolute Gasteiger partial charge is 0.379 e. The van der Waals surface area contributed by atoms with Gasteiger partial charge in [0.2, 0.25) is 10.0 Å². The van der Waals surface area contributed by atoms with Crippen LogP contribution in [0.3, 0.4) is 0 Å². The maximum absolute atomic E-state index is 12.9. The molecule has 2 N–H and O–H groups in total. The van der Waals surface area contributed by atoms with Crippen molar-refractivity contribution in [2.45, 2.75) is 11.4 Å². The van der Waals surface area contributed by atoms with E-state index in [0.29, 0.717) is 37.6 Å². The number of nitrogens with zero attached hydrogens (tertiary/aromatic N) is 1. The Hall–Kier alpha value is -2.82. The van der Waals surface area contributed by atoms with Crippen LogP contribution < -0.4 is 10.6 Å². The minimum Gasteiger partial charge on any atom is -0.379 e. The average molecular weight is 421 g/mol. The van der Waals surface area contributed by atoms with Crippen LogP contribution in [0.4, 0.5) is 10.1 Å². The lowest BCUT2D eigenvalue weighted by Crippen LogP contribution is -2.40. The maximum Gasteiger partial charge on any atom is 0.313 e. The molecule has 2 aromatic rings. The SMILES string of the molecule is O=C(NCc1ccc(S(=O)(=O)N2CCOCC2)cc1)C(=O)Nc1ccc(F)cc1. The van der Waals surface area contributed by atoms with E-state index in [2.05, 4.69) is 10.6 Å². The van der Waals surface area contributed by atoms with E-state index in [0.717, 1.165) is 0 Å². The van der Waals surface area contributed by atoms with E-state index >= 15 is 0 Å². The van der Waals surface area contributed by atoms with E-state index in [1.54, 1.807) is 12.1 Å². The first-order chi connectivity index (χ1) is 13.9. The minimum absolute atomic E-state index is 0.0492. The summed E-state index contributed by atoms with van der Waals surface area (Å²) in [5, 5.41) is 4.81. The molecular weight excluding hydrogens is 401 g/mol. The van der Waals surface area contributed by atoms with Gasteiger partial charge in [-0.2, -0.15) is 4.31 Å². The van der Waals surface area contributed by atoms with Gasteiger partial charge >= 0.3 is 11.8 Å². The number of morpholine rings is 1. The average Bonchev–Trinajstić information content (AvgIpc) is 2.74. The molecule has 1 heterocycles. The summed E-state index contributed by atoms with van der Waals surface area (Å²) in [5.74, 6) is -2.20. The van der Waals surface area contributed by atoms with Gasteiger partial charge in [0.25, 0.3) is 0 Å². The van der Waals surface area contributed by atoms with Gasteiger partial charge in [0.1, 0.15) is 5.82 Å². The van der Waals surface area contributed by atoms with Crippen LogP contribution in [-0.4, -0.2) is 50.8 Å². The van der Waals surface area contributed by atoms with Gasteiger partial charge in [-0.15, -0.1) is 0 Å².